The van der Waals surface area contributed by atoms with Gasteiger partial charge in [-0.3, -0.25) is 4.79 Å². The number of benzene rings is 1. The molecule has 6 nitrogen and oxygen atoms in total. The maximum Gasteiger partial charge on any atom is 0.253 e. The summed E-state index contributed by atoms with van der Waals surface area (Å²) in [5.41, 5.74) is 1.91. The minimum atomic E-state index is -0.310. The Balaban J connectivity index is 1.39. The highest BCUT2D eigenvalue weighted by atomic mass is 16.5. The number of nitrogens with one attached hydrogen (secondary N) is 2. The van der Waals surface area contributed by atoms with Gasteiger partial charge in [-0.25, -0.2) is 4.99 Å². The molecule has 3 unspecified atom stereocenters. The predicted molar refractivity (Wildman–Crippen MR) is 116 cm³/mol. The van der Waals surface area contributed by atoms with Crippen LogP contribution in [0.2, 0.25) is 0 Å². The fourth-order valence-electron chi connectivity index (χ4n) is 4.93. The molecule has 0 bridgehead atoms. The van der Waals surface area contributed by atoms with E-state index in [0.717, 1.165) is 61.5 Å². The van der Waals surface area contributed by atoms with Gasteiger partial charge in [0.2, 0.25) is 0 Å². The van der Waals surface area contributed by atoms with Gasteiger partial charge < -0.3 is 20.3 Å². The molecule has 2 heterocycles. The third kappa shape index (κ3) is 5.10. The topological polar surface area (TPSA) is 66.0 Å². The Bertz CT molecular complexity index is 715. The number of ether oxygens (including phenoxy) is 1. The summed E-state index contributed by atoms with van der Waals surface area (Å²) in [4.78, 5) is 19.7. The highest BCUT2D eigenvalue weighted by Gasteiger charge is 2.35. The Morgan fingerprint density at radius 1 is 1.17 bits per heavy atom. The van der Waals surface area contributed by atoms with Gasteiger partial charge in [0.1, 0.15) is 6.10 Å². The van der Waals surface area contributed by atoms with Crippen LogP contribution in [0.15, 0.2) is 29.3 Å². The first-order valence-corrected chi connectivity index (χ1v) is 11.3. The summed E-state index contributed by atoms with van der Waals surface area (Å²) in [5.74, 6) is 2.65. The van der Waals surface area contributed by atoms with Crippen LogP contribution in [0.5, 0.6) is 0 Å². The van der Waals surface area contributed by atoms with Crippen LogP contribution >= 0.6 is 0 Å². The van der Waals surface area contributed by atoms with E-state index in [1.165, 1.54) is 25.7 Å². The van der Waals surface area contributed by atoms with E-state index in [1.807, 2.05) is 18.2 Å². The second-order valence-corrected chi connectivity index (χ2v) is 8.57. The fraction of sp³-hybridized carbons (Fsp3) is 0.652. The summed E-state index contributed by atoms with van der Waals surface area (Å²) in [6.07, 6.45) is 6.95. The molecule has 1 aromatic carbocycles. The van der Waals surface area contributed by atoms with Crippen LogP contribution in [0.4, 0.5) is 5.69 Å². The summed E-state index contributed by atoms with van der Waals surface area (Å²) in [6, 6.07) is 7.99. The number of rotatable bonds is 5. The highest BCUT2D eigenvalue weighted by molar-refractivity contribution is 5.94. The van der Waals surface area contributed by atoms with Crippen LogP contribution in [0.3, 0.4) is 0 Å². The second kappa shape index (κ2) is 9.61. The molecule has 0 spiro atoms. The van der Waals surface area contributed by atoms with Crippen LogP contribution < -0.4 is 10.6 Å². The summed E-state index contributed by atoms with van der Waals surface area (Å²) in [5, 5.41) is 6.47. The number of anilines is 1. The van der Waals surface area contributed by atoms with Gasteiger partial charge >= 0.3 is 0 Å². The first-order chi connectivity index (χ1) is 14.2. The summed E-state index contributed by atoms with van der Waals surface area (Å²) >= 11 is 0. The number of nitrogens with zero attached hydrogens (tertiary/aromatic N) is 2. The quantitative estimate of drug-likeness (QED) is 0.589. The minimum Gasteiger partial charge on any atom is -0.368 e. The van der Waals surface area contributed by atoms with Crippen molar-refractivity contribution in [2.75, 3.05) is 31.6 Å². The van der Waals surface area contributed by atoms with Crippen molar-refractivity contribution < 1.29 is 9.53 Å². The zero-order valence-electron chi connectivity index (χ0n) is 17.5. The molecule has 2 N–H and O–H groups in total. The molecule has 158 valence electrons. The zero-order valence-corrected chi connectivity index (χ0v) is 17.5. The van der Waals surface area contributed by atoms with Crippen LogP contribution in [0.1, 0.15) is 51.0 Å². The Kier molecular flexibility index (Phi) is 6.70. The highest BCUT2D eigenvalue weighted by Crippen LogP contribution is 2.36. The number of hydrogen-bond donors (Lipinski definition) is 2. The Hall–Kier alpha value is -2.08. The maximum absolute atomic E-state index is 12.3. The largest absolute Gasteiger partial charge is 0.368 e. The lowest BCUT2D eigenvalue weighted by atomic mass is 9.82. The molecule has 3 atom stereocenters. The monoisotopic (exact) mass is 398 g/mol. The molecule has 29 heavy (non-hydrogen) atoms. The second-order valence-electron chi connectivity index (χ2n) is 8.57. The predicted octanol–water partition coefficient (Wildman–Crippen LogP) is 3.39. The van der Waals surface area contributed by atoms with Crippen LogP contribution in [0, 0.1) is 11.8 Å². The zero-order chi connectivity index (χ0) is 20.1. The van der Waals surface area contributed by atoms with Crippen LogP contribution in [-0.4, -0.2) is 49.1 Å². The number of aliphatic imine (C=N–C) groups is 1. The Labute approximate surface area is 174 Å². The number of carbonyl (C=O) groups is 1. The average Bonchev–Trinajstić information content (AvgIpc) is 3.41. The van der Waals surface area contributed by atoms with Crippen LogP contribution in [-0.2, 0) is 16.1 Å². The van der Waals surface area contributed by atoms with E-state index in [2.05, 4.69) is 28.5 Å². The van der Waals surface area contributed by atoms with E-state index in [1.54, 1.807) is 0 Å². The first-order valence-electron chi connectivity index (χ1n) is 11.3. The van der Waals surface area contributed by atoms with Crippen molar-refractivity contribution in [1.29, 1.82) is 0 Å². The van der Waals surface area contributed by atoms with Gasteiger partial charge in [0.25, 0.3) is 5.91 Å². The number of guanidine groups is 1. The van der Waals surface area contributed by atoms with Gasteiger partial charge in [-0.05, 0) is 62.1 Å². The van der Waals surface area contributed by atoms with Crippen molar-refractivity contribution in [2.24, 2.45) is 16.8 Å². The average molecular weight is 399 g/mol. The van der Waals surface area contributed by atoms with Gasteiger partial charge in [-0.2, -0.15) is 0 Å². The number of likely N-dealkylation sites (tertiary alicyclic amines) is 1. The van der Waals surface area contributed by atoms with E-state index >= 15 is 0 Å². The molecular formula is C23H34N4O2. The molecule has 1 saturated carbocycles. The molecule has 1 aromatic rings. The SMILES string of the molecule is CCNC(=NCc1cccc(NC(=O)C2CCCO2)c1)N1CC2CCCCC2C1. The molecule has 0 aromatic heterocycles. The number of amides is 1. The standard InChI is InChI=1S/C23H34N4O2/c1-2-24-23(27-15-18-8-3-4-9-19(18)16-27)25-14-17-7-5-10-20(13-17)26-22(28)21-11-6-12-29-21/h5,7,10,13,18-19,21H,2-4,6,8-9,11-12,14-16H2,1H3,(H,24,25)(H,26,28). The fourth-order valence-corrected chi connectivity index (χ4v) is 4.93. The van der Waals surface area contributed by atoms with Crippen molar-refractivity contribution in [3.05, 3.63) is 29.8 Å². The molecule has 0 radical (unpaired) electrons. The number of hydrogen-bond acceptors (Lipinski definition) is 3. The smallest absolute Gasteiger partial charge is 0.253 e. The van der Waals surface area contributed by atoms with E-state index < -0.39 is 0 Å². The first kappa shape index (κ1) is 20.2. The van der Waals surface area contributed by atoms with Crippen molar-refractivity contribution in [1.82, 2.24) is 10.2 Å². The molecule has 4 rings (SSSR count). The van der Waals surface area contributed by atoms with Gasteiger partial charge in [0.15, 0.2) is 5.96 Å². The lowest BCUT2D eigenvalue weighted by Gasteiger charge is -2.22. The van der Waals surface area contributed by atoms with E-state index in [9.17, 15) is 4.79 Å². The van der Waals surface area contributed by atoms with E-state index in [0.29, 0.717) is 13.2 Å². The Morgan fingerprint density at radius 2 is 1.97 bits per heavy atom. The van der Waals surface area contributed by atoms with Crippen molar-refractivity contribution in [3.8, 4) is 0 Å². The summed E-state index contributed by atoms with van der Waals surface area (Å²) in [6.45, 7) is 6.56. The number of fused-ring (bicyclic) bond motifs is 1. The lowest BCUT2D eigenvalue weighted by molar-refractivity contribution is -0.124. The third-order valence-corrected chi connectivity index (χ3v) is 6.44. The molecule has 1 aliphatic carbocycles. The summed E-state index contributed by atoms with van der Waals surface area (Å²) < 4.78 is 5.47. The molecule has 3 fully saturated rings. The third-order valence-electron chi connectivity index (χ3n) is 6.44. The van der Waals surface area contributed by atoms with Crippen molar-refractivity contribution in [2.45, 2.75) is 58.1 Å². The van der Waals surface area contributed by atoms with Crippen molar-refractivity contribution in [3.63, 3.8) is 0 Å². The lowest BCUT2D eigenvalue weighted by Crippen LogP contribution is -2.40. The van der Waals surface area contributed by atoms with E-state index in [4.69, 9.17) is 9.73 Å². The molecule has 3 aliphatic rings. The molecule has 2 aliphatic heterocycles. The summed E-state index contributed by atoms with van der Waals surface area (Å²) in [7, 11) is 0. The van der Waals surface area contributed by atoms with Gasteiger partial charge in [0.05, 0.1) is 6.54 Å². The maximum atomic E-state index is 12.3. The Morgan fingerprint density at radius 3 is 2.66 bits per heavy atom. The van der Waals surface area contributed by atoms with Gasteiger partial charge in [-0.1, -0.05) is 25.0 Å². The molecule has 6 heteroatoms. The van der Waals surface area contributed by atoms with Gasteiger partial charge in [0, 0.05) is 31.9 Å². The number of carbonyl (C=O) groups excluding carboxylic acids is 1. The van der Waals surface area contributed by atoms with Gasteiger partial charge in [-0.15, -0.1) is 0 Å². The molecule has 2 saturated heterocycles. The van der Waals surface area contributed by atoms with Crippen molar-refractivity contribution >= 4 is 17.6 Å². The minimum absolute atomic E-state index is 0.0452. The van der Waals surface area contributed by atoms with E-state index in [-0.39, 0.29) is 12.0 Å². The van der Waals surface area contributed by atoms with Crippen LogP contribution in [0.25, 0.3) is 0 Å². The molecule has 1 amide bonds. The normalized spacial score (nSPS) is 27.0. The molecular weight excluding hydrogens is 364 g/mol.